The van der Waals surface area contributed by atoms with Crippen LogP contribution in [0.3, 0.4) is 0 Å². The lowest BCUT2D eigenvalue weighted by Crippen LogP contribution is -2.53. The molecular formula is C18H26FN3O3. The number of amides is 3. The Labute approximate surface area is 147 Å². The molecule has 0 saturated carbocycles. The van der Waals surface area contributed by atoms with Gasteiger partial charge in [0.25, 0.3) is 5.91 Å². The number of ether oxygens (including phenoxy) is 1. The molecule has 0 aromatic heterocycles. The Kier molecular flexibility index (Phi) is 6.61. The van der Waals surface area contributed by atoms with Crippen LogP contribution in [0.4, 0.5) is 9.18 Å². The molecule has 1 fully saturated rings. The second-order valence-electron chi connectivity index (χ2n) is 6.32. The smallest absolute Gasteiger partial charge is 0.317 e. The van der Waals surface area contributed by atoms with Gasteiger partial charge in [0.05, 0.1) is 6.10 Å². The molecular weight excluding hydrogens is 325 g/mol. The zero-order chi connectivity index (χ0) is 18.4. The summed E-state index contributed by atoms with van der Waals surface area (Å²) in [6, 6.07) is 4.16. The molecule has 25 heavy (non-hydrogen) atoms. The predicted octanol–water partition coefficient (Wildman–Crippen LogP) is 2.49. The second-order valence-corrected chi connectivity index (χ2v) is 6.32. The fraction of sp³-hybridized carbons (Fsp3) is 0.556. The summed E-state index contributed by atoms with van der Waals surface area (Å²) in [5.41, 5.74) is 0.289. The molecule has 6 nitrogen and oxygen atoms in total. The van der Waals surface area contributed by atoms with Crippen LogP contribution in [-0.2, 0) is 0 Å². The maximum Gasteiger partial charge on any atom is 0.317 e. The average Bonchev–Trinajstić information content (AvgIpc) is 2.60. The Morgan fingerprint density at radius 3 is 2.40 bits per heavy atom. The third kappa shape index (κ3) is 5.08. The van der Waals surface area contributed by atoms with Crippen LogP contribution in [0, 0.1) is 5.82 Å². The minimum absolute atomic E-state index is 0.102. The first-order valence-corrected chi connectivity index (χ1v) is 8.70. The third-order valence-electron chi connectivity index (χ3n) is 3.92. The van der Waals surface area contributed by atoms with Crippen LogP contribution in [0.25, 0.3) is 0 Å². The number of hydrogen-bond acceptors (Lipinski definition) is 3. The van der Waals surface area contributed by atoms with Crippen molar-refractivity contribution >= 4 is 11.9 Å². The van der Waals surface area contributed by atoms with Gasteiger partial charge in [0.2, 0.25) is 0 Å². The summed E-state index contributed by atoms with van der Waals surface area (Å²) >= 11 is 0. The summed E-state index contributed by atoms with van der Waals surface area (Å²) in [5, 5.41) is 2.83. The van der Waals surface area contributed by atoms with E-state index in [1.54, 1.807) is 15.9 Å². The number of carbonyl (C=O) groups excluding carboxylic acids is 2. The lowest BCUT2D eigenvalue weighted by molar-refractivity contribution is 0.0664. The van der Waals surface area contributed by atoms with Crippen molar-refractivity contribution in [3.05, 3.63) is 29.6 Å². The van der Waals surface area contributed by atoms with Crippen LogP contribution in [0.1, 0.15) is 37.6 Å². The Morgan fingerprint density at radius 2 is 1.84 bits per heavy atom. The van der Waals surface area contributed by atoms with Crippen molar-refractivity contribution < 1.29 is 18.7 Å². The number of carbonyl (C=O) groups is 2. The zero-order valence-electron chi connectivity index (χ0n) is 15.0. The van der Waals surface area contributed by atoms with Crippen molar-refractivity contribution in [1.82, 2.24) is 15.1 Å². The molecule has 0 unspecified atom stereocenters. The maximum absolute atomic E-state index is 14.1. The zero-order valence-corrected chi connectivity index (χ0v) is 15.0. The van der Waals surface area contributed by atoms with E-state index in [1.165, 1.54) is 12.1 Å². The quantitative estimate of drug-likeness (QED) is 0.887. The first kappa shape index (κ1) is 19.0. The number of hydrogen-bond donors (Lipinski definition) is 1. The number of nitrogens with zero attached hydrogens (tertiary/aromatic N) is 2. The molecule has 0 atom stereocenters. The van der Waals surface area contributed by atoms with Crippen LogP contribution in [0.2, 0.25) is 0 Å². The molecule has 1 N–H and O–H groups in total. The highest BCUT2D eigenvalue weighted by Gasteiger charge is 2.25. The van der Waals surface area contributed by atoms with Crippen LogP contribution in [0.15, 0.2) is 18.2 Å². The lowest BCUT2D eigenvalue weighted by Gasteiger charge is -2.34. The van der Waals surface area contributed by atoms with Crippen molar-refractivity contribution in [3.63, 3.8) is 0 Å². The normalized spacial score (nSPS) is 14.6. The van der Waals surface area contributed by atoms with Crippen molar-refractivity contribution in [2.75, 3.05) is 32.7 Å². The van der Waals surface area contributed by atoms with Crippen LogP contribution >= 0.6 is 0 Å². The fourth-order valence-corrected chi connectivity index (χ4v) is 2.62. The molecule has 1 aromatic carbocycles. The van der Waals surface area contributed by atoms with E-state index < -0.39 is 5.82 Å². The van der Waals surface area contributed by atoms with Gasteiger partial charge in [0.1, 0.15) is 0 Å². The standard InChI is InChI=1S/C18H26FN3O3/c1-4-7-20-18(24)22-10-8-21(9-11-22)17(23)14-5-6-16(15(19)12-14)25-13(2)3/h5-6,12-13H,4,7-11H2,1-3H3,(H,20,24). The minimum Gasteiger partial charge on any atom is -0.488 e. The summed E-state index contributed by atoms with van der Waals surface area (Å²) in [6.07, 6.45) is 0.745. The summed E-state index contributed by atoms with van der Waals surface area (Å²) in [6.45, 7) is 8.07. The molecule has 1 aromatic rings. The number of rotatable bonds is 5. The molecule has 1 heterocycles. The molecule has 7 heteroatoms. The van der Waals surface area contributed by atoms with Gasteiger partial charge in [-0.05, 0) is 38.5 Å². The molecule has 0 radical (unpaired) electrons. The van der Waals surface area contributed by atoms with Gasteiger partial charge in [-0.2, -0.15) is 0 Å². The molecule has 1 aliphatic rings. The van der Waals surface area contributed by atoms with E-state index in [1.807, 2.05) is 20.8 Å². The maximum atomic E-state index is 14.1. The SMILES string of the molecule is CCCNC(=O)N1CCN(C(=O)c2ccc(OC(C)C)c(F)c2)CC1. The predicted molar refractivity (Wildman–Crippen MR) is 93.3 cm³/mol. The highest BCUT2D eigenvalue weighted by molar-refractivity contribution is 5.94. The Balaban J connectivity index is 1.94. The highest BCUT2D eigenvalue weighted by atomic mass is 19.1. The molecule has 1 saturated heterocycles. The van der Waals surface area contributed by atoms with Crippen LogP contribution in [0.5, 0.6) is 5.75 Å². The highest BCUT2D eigenvalue weighted by Crippen LogP contribution is 2.21. The fourth-order valence-electron chi connectivity index (χ4n) is 2.62. The van der Waals surface area contributed by atoms with Gasteiger partial charge in [0, 0.05) is 38.3 Å². The van der Waals surface area contributed by atoms with Gasteiger partial charge in [-0.3, -0.25) is 4.79 Å². The van der Waals surface area contributed by atoms with E-state index in [0.29, 0.717) is 32.7 Å². The molecule has 1 aliphatic heterocycles. The van der Waals surface area contributed by atoms with Crippen molar-refractivity contribution in [2.24, 2.45) is 0 Å². The Morgan fingerprint density at radius 1 is 1.20 bits per heavy atom. The number of benzene rings is 1. The van der Waals surface area contributed by atoms with E-state index in [0.717, 1.165) is 6.42 Å². The second kappa shape index (κ2) is 8.69. The molecule has 3 amide bonds. The van der Waals surface area contributed by atoms with Gasteiger partial charge in [-0.25, -0.2) is 9.18 Å². The average molecular weight is 351 g/mol. The largest absolute Gasteiger partial charge is 0.488 e. The number of piperazine rings is 1. The summed E-state index contributed by atoms with van der Waals surface area (Å²) in [7, 11) is 0. The topological polar surface area (TPSA) is 61.9 Å². The summed E-state index contributed by atoms with van der Waals surface area (Å²) in [4.78, 5) is 27.8. The van der Waals surface area contributed by atoms with Gasteiger partial charge < -0.3 is 19.9 Å². The molecule has 2 rings (SSSR count). The van der Waals surface area contributed by atoms with E-state index in [9.17, 15) is 14.0 Å². The van der Waals surface area contributed by atoms with Crippen molar-refractivity contribution in [1.29, 1.82) is 0 Å². The van der Waals surface area contributed by atoms with Crippen molar-refractivity contribution in [2.45, 2.75) is 33.3 Å². The first-order chi connectivity index (χ1) is 11.9. The van der Waals surface area contributed by atoms with Crippen LogP contribution in [-0.4, -0.2) is 60.6 Å². The van der Waals surface area contributed by atoms with E-state index in [2.05, 4.69) is 5.32 Å². The Hall–Kier alpha value is -2.31. The molecule has 0 aliphatic carbocycles. The van der Waals surface area contributed by atoms with Gasteiger partial charge >= 0.3 is 6.03 Å². The van der Waals surface area contributed by atoms with Gasteiger partial charge in [0.15, 0.2) is 11.6 Å². The first-order valence-electron chi connectivity index (χ1n) is 8.70. The molecule has 0 bridgehead atoms. The minimum atomic E-state index is -0.544. The van der Waals surface area contributed by atoms with Crippen molar-refractivity contribution in [3.8, 4) is 5.75 Å². The van der Waals surface area contributed by atoms with E-state index in [-0.39, 0.29) is 29.4 Å². The van der Waals surface area contributed by atoms with E-state index >= 15 is 0 Å². The van der Waals surface area contributed by atoms with Gasteiger partial charge in [-0.15, -0.1) is 0 Å². The summed E-state index contributed by atoms with van der Waals surface area (Å²) < 4.78 is 19.4. The number of urea groups is 1. The number of nitrogens with one attached hydrogen (secondary N) is 1. The monoisotopic (exact) mass is 351 g/mol. The molecule has 0 spiro atoms. The summed E-state index contributed by atoms with van der Waals surface area (Å²) in [5.74, 6) is -0.635. The van der Waals surface area contributed by atoms with Gasteiger partial charge in [-0.1, -0.05) is 6.92 Å². The van der Waals surface area contributed by atoms with Crippen LogP contribution < -0.4 is 10.1 Å². The third-order valence-corrected chi connectivity index (χ3v) is 3.92. The van der Waals surface area contributed by atoms with E-state index in [4.69, 9.17) is 4.74 Å². The Bertz CT molecular complexity index is 614. The number of halogens is 1. The molecule has 138 valence electrons. The lowest BCUT2D eigenvalue weighted by atomic mass is 10.1.